The van der Waals surface area contributed by atoms with Gasteiger partial charge in [-0.1, -0.05) is 12.1 Å². The molecule has 0 aromatic rings. The SMILES string of the molecule is CCS(=O)(=O)CCNC(=O)CC(N)=NO. The van der Waals surface area contributed by atoms with Gasteiger partial charge in [-0.25, -0.2) is 8.42 Å². The van der Waals surface area contributed by atoms with Gasteiger partial charge in [-0.05, 0) is 0 Å². The van der Waals surface area contributed by atoms with E-state index in [1.807, 2.05) is 0 Å². The maximum atomic E-state index is 11.0. The minimum Gasteiger partial charge on any atom is -0.409 e. The van der Waals surface area contributed by atoms with Crippen LogP contribution >= 0.6 is 0 Å². The van der Waals surface area contributed by atoms with Crippen molar-refractivity contribution in [1.82, 2.24) is 5.32 Å². The van der Waals surface area contributed by atoms with E-state index in [2.05, 4.69) is 10.5 Å². The highest BCUT2D eigenvalue weighted by Crippen LogP contribution is 1.87. The monoisotopic (exact) mass is 237 g/mol. The number of nitrogens with two attached hydrogens (primary N) is 1. The van der Waals surface area contributed by atoms with E-state index >= 15 is 0 Å². The normalized spacial score (nSPS) is 12.5. The van der Waals surface area contributed by atoms with Gasteiger partial charge in [-0.3, -0.25) is 4.79 Å². The van der Waals surface area contributed by atoms with E-state index in [4.69, 9.17) is 10.9 Å². The highest BCUT2D eigenvalue weighted by atomic mass is 32.2. The predicted molar refractivity (Wildman–Crippen MR) is 55.4 cm³/mol. The molecule has 0 saturated heterocycles. The number of carbonyl (C=O) groups excluding carboxylic acids is 1. The molecule has 0 spiro atoms. The molecular formula is C7H15N3O4S. The van der Waals surface area contributed by atoms with E-state index in [0.29, 0.717) is 0 Å². The Morgan fingerprint density at radius 1 is 1.53 bits per heavy atom. The Morgan fingerprint density at radius 2 is 2.13 bits per heavy atom. The highest BCUT2D eigenvalue weighted by molar-refractivity contribution is 7.91. The standard InChI is InChI=1S/C7H15N3O4S/c1-2-15(13,14)4-3-9-7(11)5-6(8)10-12/h12H,2-5H2,1H3,(H2,8,10)(H,9,11). The molecule has 0 saturated carbocycles. The molecule has 7 nitrogen and oxygen atoms in total. The number of amides is 1. The van der Waals surface area contributed by atoms with Crippen molar-refractivity contribution in [2.75, 3.05) is 18.1 Å². The van der Waals surface area contributed by atoms with E-state index in [0.717, 1.165) is 0 Å². The number of hydrogen-bond acceptors (Lipinski definition) is 5. The number of hydrogen-bond donors (Lipinski definition) is 3. The Bertz CT molecular complexity index is 336. The van der Waals surface area contributed by atoms with Crippen LogP contribution in [0.5, 0.6) is 0 Å². The molecule has 0 unspecified atom stereocenters. The Hall–Kier alpha value is -1.31. The Kier molecular flexibility index (Phi) is 5.68. The first-order chi connectivity index (χ1) is 6.91. The fourth-order valence-electron chi connectivity index (χ4n) is 0.753. The van der Waals surface area contributed by atoms with Crippen molar-refractivity contribution in [3.63, 3.8) is 0 Å². The van der Waals surface area contributed by atoms with Gasteiger partial charge >= 0.3 is 0 Å². The topological polar surface area (TPSA) is 122 Å². The second kappa shape index (κ2) is 6.23. The Morgan fingerprint density at radius 3 is 2.60 bits per heavy atom. The number of nitrogens with zero attached hydrogens (tertiary/aromatic N) is 1. The Balaban J connectivity index is 3.84. The molecule has 0 rings (SSSR count). The average molecular weight is 237 g/mol. The molecule has 0 aliphatic carbocycles. The fourth-order valence-corrected chi connectivity index (χ4v) is 1.45. The Labute approximate surface area is 88.2 Å². The van der Waals surface area contributed by atoms with Gasteiger partial charge in [0.1, 0.15) is 5.84 Å². The molecule has 0 bridgehead atoms. The van der Waals surface area contributed by atoms with E-state index < -0.39 is 15.7 Å². The summed E-state index contributed by atoms with van der Waals surface area (Å²) in [6.45, 7) is 1.57. The predicted octanol–water partition coefficient (Wildman–Crippen LogP) is -1.33. The molecule has 0 fully saturated rings. The molecule has 8 heteroatoms. The van der Waals surface area contributed by atoms with E-state index in [1.165, 1.54) is 6.92 Å². The average Bonchev–Trinajstić information content (AvgIpc) is 2.17. The van der Waals surface area contributed by atoms with Gasteiger partial charge in [0, 0.05) is 12.3 Å². The summed E-state index contributed by atoms with van der Waals surface area (Å²) in [5, 5.41) is 13.1. The van der Waals surface area contributed by atoms with Crippen molar-refractivity contribution in [2.45, 2.75) is 13.3 Å². The van der Waals surface area contributed by atoms with Crippen molar-refractivity contribution >= 4 is 21.6 Å². The molecule has 0 atom stereocenters. The third-order valence-electron chi connectivity index (χ3n) is 1.65. The summed E-state index contributed by atoms with van der Waals surface area (Å²) in [6, 6.07) is 0. The van der Waals surface area contributed by atoms with Crippen molar-refractivity contribution in [2.24, 2.45) is 10.9 Å². The highest BCUT2D eigenvalue weighted by Gasteiger charge is 2.09. The third kappa shape index (κ3) is 6.72. The zero-order valence-corrected chi connectivity index (χ0v) is 9.25. The lowest BCUT2D eigenvalue weighted by atomic mass is 10.4. The maximum absolute atomic E-state index is 11.0. The van der Waals surface area contributed by atoms with E-state index in [9.17, 15) is 13.2 Å². The quantitative estimate of drug-likeness (QED) is 0.229. The third-order valence-corrected chi connectivity index (χ3v) is 3.35. The maximum Gasteiger partial charge on any atom is 0.227 e. The number of carbonyl (C=O) groups is 1. The summed E-state index contributed by atoms with van der Waals surface area (Å²) in [5.41, 5.74) is 5.08. The lowest BCUT2D eigenvalue weighted by Crippen LogP contribution is -2.32. The van der Waals surface area contributed by atoms with Crippen LogP contribution in [0.4, 0.5) is 0 Å². The minimum absolute atomic E-state index is 0.0354. The first-order valence-electron chi connectivity index (χ1n) is 4.34. The number of oxime groups is 1. The van der Waals surface area contributed by atoms with Crippen LogP contribution in [0.1, 0.15) is 13.3 Å². The fraction of sp³-hybridized carbons (Fsp3) is 0.714. The van der Waals surface area contributed by atoms with Crippen molar-refractivity contribution in [3.05, 3.63) is 0 Å². The second-order valence-corrected chi connectivity index (χ2v) is 5.33. The summed E-state index contributed by atoms with van der Waals surface area (Å²) in [6.07, 6.45) is -0.247. The van der Waals surface area contributed by atoms with Crippen LogP contribution in [0.2, 0.25) is 0 Å². The van der Waals surface area contributed by atoms with Crippen LogP contribution in [0, 0.1) is 0 Å². The van der Waals surface area contributed by atoms with Crippen LogP contribution < -0.4 is 11.1 Å². The lowest BCUT2D eigenvalue weighted by Gasteiger charge is -2.04. The minimum atomic E-state index is -3.07. The van der Waals surface area contributed by atoms with Gasteiger partial charge < -0.3 is 16.3 Å². The van der Waals surface area contributed by atoms with Crippen molar-refractivity contribution < 1.29 is 18.4 Å². The molecule has 0 aliphatic rings. The molecule has 0 heterocycles. The van der Waals surface area contributed by atoms with Gasteiger partial charge in [-0.2, -0.15) is 0 Å². The van der Waals surface area contributed by atoms with Gasteiger partial charge in [0.15, 0.2) is 9.84 Å². The van der Waals surface area contributed by atoms with Gasteiger partial charge in [0.2, 0.25) is 5.91 Å². The summed E-state index contributed by atoms with van der Waals surface area (Å²) in [4.78, 5) is 11.0. The van der Waals surface area contributed by atoms with Crippen LogP contribution in [0.3, 0.4) is 0 Å². The molecule has 0 aromatic carbocycles. The smallest absolute Gasteiger partial charge is 0.227 e. The zero-order chi connectivity index (χ0) is 11.9. The number of nitrogens with one attached hydrogen (secondary N) is 1. The van der Waals surface area contributed by atoms with Gasteiger partial charge in [-0.15, -0.1) is 0 Å². The van der Waals surface area contributed by atoms with Crippen LogP contribution in [-0.2, 0) is 14.6 Å². The molecule has 0 radical (unpaired) electrons. The first kappa shape index (κ1) is 13.7. The molecule has 88 valence electrons. The van der Waals surface area contributed by atoms with E-state index in [-0.39, 0.29) is 30.3 Å². The molecule has 1 amide bonds. The molecule has 4 N–H and O–H groups in total. The van der Waals surface area contributed by atoms with Gasteiger partial charge in [0.05, 0.1) is 12.2 Å². The summed E-state index contributed by atoms with van der Waals surface area (Å²) < 4.78 is 22.0. The summed E-state index contributed by atoms with van der Waals surface area (Å²) in [5.74, 6) is -0.753. The van der Waals surface area contributed by atoms with Gasteiger partial charge in [0.25, 0.3) is 0 Å². The van der Waals surface area contributed by atoms with Crippen LogP contribution in [0.25, 0.3) is 0 Å². The number of rotatable bonds is 6. The van der Waals surface area contributed by atoms with Crippen LogP contribution in [-0.4, -0.2) is 43.4 Å². The molecular weight excluding hydrogens is 222 g/mol. The summed E-state index contributed by atoms with van der Waals surface area (Å²) in [7, 11) is -3.07. The van der Waals surface area contributed by atoms with Crippen molar-refractivity contribution in [3.8, 4) is 0 Å². The molecule has 15 heavy (non-hydrogen) atoms. The molecule has 0 aliphatic heterocycles. The largest absolute Gasteiger partial charge is 0.409 e. The first-order valence-corrected chi connectivity index (χ1v) is 6.17. The second-order valence-electron chi connectivity index (χ2n) is 2.85. The van der Waals surface area contributed by atoms with Crippen molar-refractivity contribution in [1.29, 1.82) is 0 Å². The lowest BCUT2D eigenvalue weighted by molar-refractivity contribution is -0.119. The van der Waals surface area contributed by atoms with Crippen LogP contribution in [0.15, 0.2) is 5.16 Å². The molecule has 0 aromatic heterocycles. The summed E-state index contributed by atoms with van der Waals surface area (Å²) >= 11 is 0. The zero-order valence-electron chi connectivity index (χ0n) is 8.43. The number of sulfone groups is 1. The number of amidine groups is 1. The van der Waals surface area contributed by atoms with E-state index in [1.54, 1.807) is 0 Å².